The molecular weight excluding hydrogens is 659 g/mol. The fourth-order valence-electron chi connectivity index (χ4n) is 8.27. The Morgan fingerprint density at radius 1 is 0.679 bits per heavy atom. The van der Waals surface area contributed by atoms with Gasteiger partial charge in [0.05, 0.1) is 5.69 Å². The van der Waals surface area contributed by atoms with Crippen molar-refractivity contribution >= 4 is 46.1 Å². The Balaban J connectivity index is 1.05. The number of urea groups is 1. The molecule has 0 aromatic heterocycles. The number of carbonyl (C=O) groups is 3. The van der Waals surface area contributed by atoms with Gasteiger partial charge in [0.15, 0.2) is 0 Å². The molecular formula is C46H37N3O4. The van der Waals surface area contributed by atoms with Crippen LogP contribution in [0.2, 0.25) is 0 Å². The predicted molar refractivity (Wildman–Crippen MR) is 208 cm³/mol. The molecule has 53 heavy (non-hydrogen) atoms. The van der Waals surface area contributed by atoms with Gasteiger partial charge in [-0.1, -0.05) is 115 Å². The summed E-state index contributed by atoms with van der Waals surface area (Å²) in [5, 5.41) is 4.74. The Bertz CT molecular complexity index is 2330. The number of anilines is 2. The summed E-state index contributed by atoms with van der Waals surface area (Å²) in [6.45, 7) is 2.26. The summed E-state index contributed by atoms with van der Waals surface area (Å²) in [4.78, 5) is 44.7. The maximum Gasteiger partial charge on any atom is 0.335 e. The highest BCUT2D eigenvalue weighted by molar-refractivity contribution is 6.39. The average Bonchev–Trinajstić information content (AvgIpc) is 3.20. The first kappa shape index (κ1) is 32.4. The molecule has 0 saturated carbocycles. The normalized spacial score (nSPS) is 18.9. The SMILES string of the molecule is O=C1NC(=O)N(c2cc3c4c(c2)[C@@H](c2ccccc2)CCN4CC[C@@H]3c2ccccc2)C(=O)/C1=C/c1ccc(OCc2cccc3ccccc23)cc1. The van der Waals surface area contributed by atoms with E-state index in [2.05, 4.69) is 83.0 Å². The predicted octanol–water partition coefficient (Wildman–Crippen LogP) is 8.96. The quantitative estimate of drug-likeness (QED) is 0.133. The summed E-state index contributed by atoms with van der Waals surface area (Å²) in [7, 11) is 0. The van der Waals surface area contributed by atoms with Crippen LogP contribution in [-0.4, -0.2) is 30.9 Å². The molecule has 0 radical (unpaired) electrons. The van der Waals surface area contributed by atoms with E-state index in [0.717, 1.165) is 58.3 Å². The highest BCUT2D eigenvalue weighted by Gasteiger charge is 2.40. The maximum atomic E-state index is 14.3. The molecule has 1 saturated heterocycles. The molecule has 0 spiro atoms. The summed E-state index contributed by atoms with van der Waals surface area (Å²) < 4.78 is 6.11. The number of rotatable bonds is 7. The third kappa shape index (κ3) is 6.04. The highest BCUT2D eigenvalue weighted by Crippen LogP contribution is 2.50. The van der Waals surface area contributed by atoms with Crippen molar-refractivity contribution in [3.05, 3.63) is 178 Å². The van der Waals surface area contributed by atoms with E-state index in [-0.39, 0.29) is 17.4 Å². The number of imide groups is 2. The van der Waals surface area contributed by atoms with Crippen molar-refractivity contribution in [1.29, 1.82) is 0 Å². The topological polar surface area (TPSA) is 79.0 Å². The van der Waals surface area contributed by atoms with Gasteiger partial charge in [-0.15, -0.1) is 0 Å². The summed E-state index contributed by atoms with van der Waals surface area (Å²) >= 11 is 0. The highest BCUT2D eigenvalue weighted by atomic mass is 16.5. The lowest BCUT2D eigenvalue weighted by atomic mass is 9.76. The molecule has 3 aliphatic heterocycles. The number of nitrogens with one attached hydrogen (secondary N) is 1. The Labute approximate surface area is 308 Å². The lowest BCUT2D eigenvalue weighted by Gasteiger charge is -2.44. The average molecular weight is 696 g/mol. The number of ether oxygens (including phenoxy) is 1. The molecule has 3 aliphatic rings. The Morgan fingerprint density at radius 2 is 1.28 bits per heavy atom. The maximum absolute atomic E-state index is 14.3. The second-order valence-electron chi connectivity index (χ2n) is 13.9. The molecule has 0 bridgehead atoms. The molecule has 1 N–H and O–H groups in total. The van der Waals surface area contributed by atoms with Gasteiger partial charge in [-0.3, -0.25) is 14.9 Å². The number of benzene rings is 6. The van der Waals surface area contributed by atoms with Gasteiger partial charge >= 0.3 is 6.03 Å². The second kappa shape index (κ2) is 13.6. The van der Waals surface area contributed by atoms with Crippen LogP contribution in [0.3, 0.4) is 0 Å². The molecule has 1 fully saturated rings. The monoisotopic (exact) mass is 695 g/mol. The molecule has 0 unspecified atom stereocenters. The number of nitrogens with zero attached hydrogens (tertiary/aromatic N) is 2. The van der Waals surface area contributed by atoms with E-state index in [1.165, 1.54) is 22.9 Å². The minimum absolute atomic E-state index is 0.0941. The van der Waals surface area contributed by atoms with E-state index in [1.54, 1.807) is 12.1 Å². The van der Waals surface area contributed by atoms with Crippen LogP contribution in [0.1, 0.15) is 58.1 Å². The summed E-state index contributed by atoms with van der Waals surface area (Å²) in [6.07, 6.45) is 3.37. The lowest BCUT2D eigenvalue weighted by Crippen LogP contribution is -2.54. The van der Waals surface area contributed by atoms with E-state index in [9.17, 15) is 14.4 Å². The summed E-state index contributed by atoms with van der Waals surface area (Å²) in [5.74, 6) is -0.525. The fraction of sp³-hybridized carbons (Fsp3) is 0.152. The zero-order valence-electron chi connectivity index (χ0n) is 29.1. The van der Waals surface area contributed by atoms with Gasteiger partial charge in [-0.05, 0) is 87.3 Å². The molecule has 3 heterocycles. The smallest absolute Gasteiger partial charge is 0.335 e. The Kier molecular flexibility index (Phi) is 8.31. The van der Waals surface area contributed by atoms with Crippen LogP contribution in [-0.2, 0) is 16.2 Å². The third-order valence-corrected chi connectivity index (χ3v) is 10.8. The zero-order valence-corrected chi connectivity index (χ0v) is 29.1. The van der Waals surface area contributed by atoms with Crippen LogP contribution in [0.15, 0.2) is 145 Å². The number of amides is 4. The third-order valence-electron chi connectivity index (χ3n) is 10.8. The van der Waals surface area contributed by atoms with Crippen LogP contribution in [0, 0.1) is 0 Å². The van der Waals surface area contributed by atoms with Crippen molar-refractivity contribution in [3.63, 3.8) is 0 Å². The first-order chi connectivity index (χ1) is 26.0. The van der Waals surface area contributed by atoms with Crippen molar-refractivity contribution < 1.29 is 19.1 Å². The summed E-state index contributed by atoms with van der Waals surface area (Å²) in [6, 6.07) is 45.7. The fourth-order valence-corrected chi connectivity index (χ4v) is 8.27. The lowest BCUT2D eigenvalue weighted by molar-refractivity contribution is -0.122. The van der Waals surface area contributed by atoms with Gasteiger partial charge in [0, 0.05) is 30.6 Å². The number of fused-ring (bicyclic) bond motifs is 1. The molecule has 6 aromatic carbocycles. The van der Waals surface area contributed by atoms with Gasteiger partial charge < -0.3 is 9.64 Å². The summed E-state index contributed by atoms with van der Waals surface area (Å²) in [5.41, 5.74) is 7.84. The molecule has 2 atom stereocenters. The van der Waals surface area contributed by atoms with E-state index < -0.39 is 17.8 Å². The number of hydrogen-bond acceptors (Lipinski definition) is 5. The molecule has 7 nitrogen and oxygen atoms in total. The number of carbonyl (C=O) groups excluding carboxylic acids is 3. The van der Waals surface area contributed by atoms with Gasteiger partial charge in [0.25, 0.3) is 11.8 Å². The second-order valence-corrected chi connectivity index (χ2v) is 13.9. The minimum atomic E-state index is -0.752. The van der Waals surface area contributed by atoms with Crippen LogP contribution in [0.5, 0.6) is 5.75 Å². The van der Waals surface area contributed by atoms with Crippen molar-refractivity contribution in [2.45, 2.75) is 31.3 Å². The van der Waals surface area contributed by atoms with Crippen molar-refractivity contribution in [2.24, 2.45) is 0 Å². The van der Waals surface area contributed by atoms with Crippen LogP contribution >= 0.6 is 0 Å². The van der Waals surface area contributed by atoms with Crippen LogP contribution in [0.25, 0.3) is 16.8 Å². The van der Waals surface area contributed by atoms with Crippen LogP contribution in [0.4, 0.5) is 16.2 Å². The van der Waals surface area contributed by atoms with Gasteiger partial charge in [0.1, 0.15) is 17.9 Å². The largest absolute Gasteiger partial charge is 0.489 e. The standard InChI is InChI=1S/C46H37N3O4/c50-44-42(26-30-18-20-36(21-19-30)53-29-34-16-9-15-31-14-7-8-17-37(31)34)45(51)49(46(52)47-44)35-27-40-38(32-10-3-1-4-11-32)22-24-48-25-23-39(41(28-35)43(40)48)33-12-5-2-6-13-33/h1-21,26-28,38-39H,22-25,29H2,(H,47,50,52)/b42-26+/t38-,39-/m1/s1. The molecule has 6 aromatic rings. The first-order valence-electron chi connectivity index (χ1n) is 18.2. The Morgan fingerprint density at radius 3 is 1.94 bits per heavy atom. The zero-order chi connectivity index (χ0) is 35.9. The number of hydrogen-bond donors (Lipinski definition) is 1. The van der Waals surface area contributed by atoms with E-state index in [1.807, 2.05) is 54.6 Å². The van der Waals surface area contributed by atoms with Gasteiger partial charge in [0.2, 0.25) is 0 Å². The van der Waals surface area contributed by atoms with Crippen molar-refractivity contribution in [1.82, 2.24) is 5.32 Å². The van der Waals surface area contributed by atoms with E-state index in [0.29, 0.717) is 23.6 Å². The minimum Gasteiger partial charge on any atom is -0.489 e. The van der Waals surface area contributed by atoms with Crippen LogP contribution < -0.4 is 19.9 Å². The molecule has 4 amide bonds. The van der Waals surface area contributed by atoms with Crippen molar-refractivity contribution in [2.75, 3.05) is 22.9 Å². The molecule has 7 heteroatoms. The Hall–Kier alpha value is -6.47. The molecule has 0 aliphatic carbocycles. The van der Waals surface area contributed by atoms with Gasteiger partial charge in [-0.2, -0.15) is 0 Å². The van der Waals surface area contributed by atoms with E-state index >= 15 is 0 Å². The van der Waals surface area contributed by atoms with Gasteiger partial charge in [-0.25, -0.2) is 9.69 Å². The van der Waals surface area contributed by atoms with E-state index in [4.69, 9.17) is 4.74 Å². The van der Waals surface area contributed by atoms with Crippen molar-refractivity contribution in [3.8, 4) is 5.75 Å². The first-order valence-corrected chi connectivity index (χ1v) is 18.2. The molecule has 260 valence electrons. The molecule has 9 rings (SSSR count). The number of barbiturate groups is 1.